The van der Waals surface area contributed by atoms with E-state index in [1.54, 1.807) is 13.2 Å². The standard InChI is InChI=1S/C19H21N3O2/c1-24-18-11-10-17(21-22-18)15-8-5-9-16(12-15)19(23)20-13-14-6-3-2-4-7-14/h5-6,8-12H,2-4,7,13H2,1H3,(H,20,23). The molecule has 1 aromatic heterocycles. The number of amides is 1. The lowest BCUT2D eigenvalue weighted by atomic mass is 9.99. The third-order valence-corrected chi connectivity index (χ3v) is 4.13. The highest BCUT2D eigenvalue weighted by molar-refractivity contribution is 5.95. The summed E-state index contributed by atoms with van der Waals surface area (Å²) in [7, 11) is 1.55. The summed E-state index contributed by atoms with van der Waals surface area (Å²) < 4.78 is 5.01. The Morgan fingerprint density at radius 3 is 2.83 bits per heavy atom. The van der Waals surface area contributed by atoms with Crippen molar-refractivity contribution >= 4 is 5.91 Å². The number of nitrogens with one attached hydrogen (secondary N) is 1. The van der Waals surface area contributed by atoms with Crippen molar-refractivity contribution in [3.63, 3.8) is 0 Å². The second-order valence-electron chi connectivity index (χ2n) is 5.83. The number of carbonyl (C=O) groups excluding carboxylic acids is 1. The maximum absolute atomic E-state index is 12.4. The number of hydrogen-bond donors (Lipinski definition) is 1. The molecule has 1 aromatic carbocycles. The molecule has 3 rings (SSSR count). The Hall–Kier alpha value is -2.69. The minimum absolute atomic E-state index is 0.0650. The van der Waals surface area contributed by atoms with E-state index in [9.17, 15) is 4.79 Å². The van der Waals surface area contributed by atoms with Crippen molar-refractivity contribution in [2.24, 2.45) is 0 Å². The zero-order chi connectivity index (χ0) is 16.8. The van der Waals surface area contributed by atoms with Crippen LogP contribution in [0.15, 0.2) is 48.0 Å². The van der Waals surface area contributed by atoms with Crippen molar-refractivity contribution in [3.8, 4) is 17.1 Å². The fourth-order valence-corrected chi connectivity index (χ4v) is 2.76. The van der Waals surface area contributed by atoms with Crippen LogP contribution in [-0.4, -0.2) is 29.8 Å². The van der Waals surface area contributed by atoms with E-state index >= 15 is 0 Å². The van der Waals surface area contributed by atoms with Gasteiger partial charge in [0.05, 0.1) is 12.8 Å². The highest BCUT2D eigenvalue weighted by Crippen LogP contribution is 2.20. The molecule has 124 valence electrons. The Labute approximate surface area is 141 Å². The molecule has 1 heterocycles. The maximum Gasteiger partial charge on any atom is 0.251 e. The molecule has 0 atom stereocenters. The number of ether oxygens (including phenoxy) is 1. The molecule has 0 aliphatic heterocycles. The number of benzene rings is 1. The minimum Gasteiger partial charge on any atom is -0.480 e. The topological polar surface area (TPSA) is 64.1 Å². The van der Waals surface area contributed by atoms with Gasteiger partial charge in [-0.05, 0) is 43.9 Å². The van der Waals surface area contributed by atoms with E-state index in [2.05, 4.69) is 21.6 Å². The Balaban J connectivity index is 1.69. The SMILES string of the molecule is COc1ccc(-c2cccc(C(=O)NCC3=CCCCC3)c2)nn1. The zero-order valence-electron chi connectivity index (χ0n) is 13.8. The van der Waals surface area contributed by atoms with Gasteiger partial charge in [-0.25, -0.2) is 0 Å². The fraction of sp³-hybridized carbons (Fsp3) is 0.316. The molecular formula is C19H21N3O2. The second-order valence-corrected chi connectivity index (χ2v) is 5.83. The van der Waals surface area contributed by atoms with Crippen LogP contribution in [0, 0.1) is 0 Å². The van der Waals surface area contributed by atoms with Crippen LogP contribution < -0.4 is 10.1 Å². The van der Waals surface area contributed by atoms with Crippen LogP contribution in [0.25, 0.3) is 11.3 Å². The van der Waals surface area contributed by atoms with Gasteiger partial charge in [0.25, 0.3) is 5.91 Å². The van der Waals surface area contributed by atoms with Crippen molar-refractivity contribution in [3.05, 3.63) is 53.6 Å². The van der Waals surface area contributed by atoms with Crippen LogP contribution in [0.5, 0.6) is 5.88 Å². The summed E-state index contributed by atoms with van der Waals surface area (Å²) in [5.74, 6) is 0.401. The minimum atomic E-state index is -0.0650. The van der Waals surface area contributed by atoms with E-state index in [0.29, 0.717) is 23.7 Å². The third kappa shape index (κ3) is 3.98. The molecule has 5 heteroatoms. The molecule has 24 heavy (non-hydrogen) atoms. The highest BCUT2D eigenvalue weighted by Gasteiger charge is 2.10. The number of nitrogens with zero attached hydrogens (tertiary/aromatic N) is 2. The average molecular weight is 323 g/mol. The first-order chi connectivity index (χ1) is 11.8. The zero-order valence-corrected chi connectivity index (χ0v) is 13.8. The Morgan fingerprint density at radius 2 is 2.12 bits per heavy atom. The van der Waals surface area contributed by atoms with E-state index in [0.717, 1.165) is 18.4 Å². The molecule has 2 aromatic rings. The van der Waals surface area contributed by atoms with Crippen molar-refractivity contribution in [1.29, 1.82) is 0 Å². The highest BCUT2D eigenvalue weighted by atomic mass is 16.5. The lowest BCUT2D eigenvalue weighted by Crippen LogP contribution is -2.26. The molecule has 0 saturated carbocycles. The fourth-order valence-electron chi connectivity index (χ4n) is 2.76. The summed E-state index contributed by atoms with van der Waals surface area (Å²) >= 11 is 0. The first-order valence-electron chi connectivity index (χ1n) is 8.20. The van der Waals surface area contributed by atoms with Gasteiger partial charge in [0, 0.05) is 23.7 Å². The summed E-state index contributed by atoms with van der Waals surface area (Å²) in [6, 6.07) is 11.0. The van der Waals surface area contributed by atoms with Crippen LogP contribution >= 0.6 is 0 Å². The molecule has 0 bridgehead atoms. The first-order valence-corrected chi connectivity index (χ1v) is 8.20. The van der Waals surface area contributed by atoms with E-state index in [1.807, 2.05) is 30.3 Å². The molecule has 0 unspecified atom stereocenters. The van der Waals surface area contributed by atoms with Gasteiger partial charge < -0.3 is 10.1 Å². The predicted octanol–water partition coefficient (Wildman–Crippen LogP) is 3.38. The second kappa shape index (κ2) is 7.73. The average Bonchev–Trinajstić information content (AvgIpc) is 2.67. The van der Waals surface area contributed by atoms with E-state index in [-0.39, 0.29) is 5.91 Å². The van der Waals surface area contributed by atoms with Gasteiger partial charge in [-0.3, -0.25) is 4.79 Å². The van der Waals surface area contributed by atoms with Gasteiger partial charge in [0.2, 0.25) is 5.88 Å². The van der Waals surface area contributed by atoms with Gasteiger partial charge in [-0.2, -0.15) is 0 Å². The number of rotatable bonds is 5. The van der Waals surface area contributed by atoms with Crippen molar-refractivity contribution in [2.75, 3.05) is 13.7 Å². The van der Waals surface area contributed by atoms with Crippen LogP contribution in [0.3, 0.4) is 0 Å². The molecule has 0 radical (unpaired) electrons. The quantitative estimate of drug-likeness (QED) is 0.857. The summed E-state index contributed by atoms with van der Waals surface area (Å²) in [5, 5.41) is 11.1. The van der Waals surface area contributed by atoms with Crippen molar-refractivity contribution in [2.45, 2.75) is 25.7 Å². The molecule has 0 saturated heterocycles. The van der Waals surface area contributed by atoms with E-state index in [1.165, 1.54) is 18.4 Å². The van der Waals surface area contributed by atoms with Gasteiger partial charge in [-0.15, -0.1) is 10.2 Å². The molecule has 1 aliphatic rings. The number of aromatic nitrogens is 2. The molecular weight excluding hydrogens is 302 g/mol. The predicted molar refractivity (Wildman–Crippen MR) is 92.9 cm³/mol. The number of methoxy groups -OCH3 is 1. The molecule has 1 N–H and O–H groups in total. The Morgan fingerprint density at radius 1 is 1.21 bits per heavy atom. The van der Waals surface area contributed by atoms with Crippen LogP contribution in [0.2, 0.25) is 0 Å². The number of allylic oxidation sites excluding steroid dienone is 1. The number of carbonyl (C=O) groups is 1. The lowest BCUT2D eigenvalue weighted by molar-refractivity contribution is 0.0956. The molecule has 1 amide bonds. The maximum atomic E-state index is 12.4. The number of hydrogen-bond acceptors (Lipinski definition) is 4. The summed E-state index contributed by atoms with van der Waals surface area (Å²) in [6.07, 6.45) is 6.92. The Kier molecular flexibility index (Phi) is 5.21. The van der Waals surface area contributed by atoms with E-state index < -0.39 is 0 Å². The van der Waals surface area contributed by atoms with E-state index in [4.69, 9.17) is 4.74 Å². The molecule has 5 nitrogen and oxygen atoms in total. The smallest absolute Gasteiger partial charge is 0.251 e. The van der Waals surface area contributed by atoms with Crippen LogP contribution in [-0.2, 0) is 0 Å². The van der Waals surface area contributed by atoms with Gasteiger partial charge in [0.15, 0.2) is 0 Å². The summed E-state index contributed by atoms with van der Waals surface area (Å²) in [5.41, 5.74) is 3.52. The molecule has 1 aliphatic carbocycles. The largest absolute Gasteiger partial charge is 0.480 e. The van der Waals surface area contributed by atoms with Gasteiger partial charge in [0.1, 0.15) is 0 Å². The van der Waals surface area contributed by atoms with Crippen molar-refractivity contribution < 1.29 is 9.53 Å². The van der Waals surface area contributed by atoms with Crippen LogP contribution in [0.4, 0.5) is 0 Å². The normalized spacial score (nSPS) is 14.0. The van der Waals surface area contributed by atoms with Crippen molar-refractivity contribution in [1.82, 2.24) is 15.5 Å². The van der Waals surface area contributed by atoms with Crippen LogP contribution in [0.1, 0.15) is 36.0 Å². The third-order valence-electron chi connectivity index (χ3n) is 4.13. The van der Waals surface area contributed by atoms with Gasteiger partial charge in [-0.1, -0.05) is 23.8 Å². The summed E-state index contributed by atoms with van der Waals surface area (Å²) in [4.78, 5) is 12.4. The Bertz CT molecular complexity index is 739. The first kappa shape index (κ1) is 16.2. The van der Waals surface area contributed by atoms with Gasteiger partial charge >= 0.3 is 0 Å². The summed E-state index contributed by atoms with van der Waals surface area (Å²) in [6.45, 7) is 0.630. The lowest BCUT2D eigenvalue weighted by Gasteiger charge is -2.13. The monoisotopic (exact) mass is 323 g/mol. The molecule has 0 spiro atoms. The molecule has 0 fully saturated rings.